The number of benzene rings is 4. The van der Waals surface area contributed by atoms with Crippen molar-refractivity contribution < 1.29 is 9.47 Å². The van der Waals surface area contributed by atoms with Crippen molar-refractivity contribution in [2.75, 3.05) is 0 Å². The summed E-state index contributed by atoms with van der Waals surface area (Å²) < 4.78 is 15.0. The van der Waals surface area contributed by atoms with Crippen molar-refractivity contribution in [1.29, 1.82) is 0 Å². The third-order valence-corrected chi connectivity index (χ3v) is 8.29. The molecule has 1 aromatic heterocycles. The molecule has 0 saturated carbocycles. The summed E-state index contributed by atoms with van der Waals surface area (Å²) in [5.41, 5.74) is 5.76. The van der Waals surface area contributed by atoms with Crippen LogP contribution in [0.25, 0.3) is 38.3 Å². The minimum Gasteiger partial charge on any atom is -0.454 e. The van der Waals surface area contributed by atoms with Gasteiger partial charge in [-0.25, -0.2) is 0 Å². The Morgan fingerprint density at radius 2 is 1.52 bits per heavy atom. The lowest BCUT2D eigenvalue weighted by Crippen LogP contribution is -2.48. The van der Waals surface area contributed by atoms with Crippen LogP contribution < -0.4 is 20.1 Å². The number of hydrogen-bond acceptors (Lipinski definition) is 4. The third kappa shape index (κ3) is 3.19. The highest BCUT2D eigenvalue weighted by Gasteiger charge is 2.31. The van der Waals surface area contributed by atoms with Crippen molar-refractivity contribution >= 4 is 38.3 Å². The highest BCUT2D eigenvalue weighted by atomic mass is 16.6. The van der Waals surface area contributed by atoms with Crippen LogP contribution in [-0.2, 0) is 0 Å². The number of nitrogens with one attached hydrogen (secondary N) is 2. The molecule has 0 radical (unpaired) electrons. The summed E-state index contributed by atoms with van der Waals surface area (Å²) in [6.45, 7) is 0. The minimum atomic E-state index is -0.204. The maximum absolute atomic E-state index is 6.34. The van der Waals surface area contributed by atoms with Gasteiger partial charge in [0.1, 0.15) is 0 Å². The molecule has 2 aliphatic carbocycles. The first kappa shape index (κ1) is 21.9. The zero-order valence-corrected chi connectivity index (χ0v) is 21.6. The van der Waals surface area contributed by atoms with Crippen molar-refractivity contribution in [3.05, 3.63) is 138 Å². The highest BCUT2D eigenvalue weighted by molar-refractivity contribution is 6.13. The molecule has 0 fully saturated rings. The van der Waals surface area contributed by atoms with E-state index in [4.69, 9.17) is 9.47 Å². The van der Waals surface area contributed by atoms with Crippen LogP contribution in [0.3, 0.4) is 0 Å². The van der Waals surface area contributed by atoms with Gasteiger partial charge in [0, 0.05) is 29.0 Å². The molecule has 4 aromatic carbocycles. The summed E-state index contributed by atoms with van der Waals surface area (Å²) in [4.78, 5) is 0. The Morgan fingerprint density at radius 3 is 2.42 bits per heavy atom. The van der Waals surface area contributed by atoms with Gasteiger partial charge in [0.25, 0.3) is 0 Å². The molecule has 4 aliphatic rings. The Kier molecular flexibility index (Phi) is 4.51. The monoisotopic (exact) mass is 519 g/mol. The molecule has 5 aromatic rings. The molecule has 0 bridgehead atoms. The third-order valence-electron chi connectivity index (χ3n) is 8.29. The van der Waals surface area contributed by atoms with E-state index in [0.717, 1.165) is 51.6 Å². The molecule has 2 unspecified atom stereocenters. The number of rotatable bonds is 2. The molecule has 0 spiro atoms. The molecular weight excluding hydrogens is 494 g/mol. The number of hydrogen-bond donors (Lipinski definition) is 2. The van der Waals surface area contributed by atoms with E-state index in [1.807, 2.05) is 6.08 Å². The molecule has 0 amide bonds. The smallest absolute Gasteiger partial charge is 0.172 e. The summed E-state index contributed by atoms with van der Waals surface area (Å²) in [7, 11) is 0. The second kappa shape index (κ2) is 8.25. The van der Waals surface area contributed by atoms with Crippen LogP contribution in [0.2, 0.25) is 0 Å². The summed E-state index contributed by atoms with van der Waals surface area (Å²) in [5.74, 6) is 3.17. The average molecular weight is 520 g/mol. The Labute approximate surface area is 231 Å². The number of ether oxygens (including phenoxy) is 2. The maximum atomic E-state index is 6.34. The van der Waals surface area contributed by atoms with Gasteiger partial charge in [-0.1, -0.05) is 85.0 Å². The van der Waals surface area contributed by atoms with Gasteiger partial charge in [-0.15, -0.1) is 0 Å². The molecular formula is C35H25N3O2. The molecule has 9 rings (SSSR count). The number of fused-ring (bicyclic) bond motifs is 6. The van der Waals surface area contributed by atoms with Gasteiger partial charge >= 0.3 is 0 Å². The van der Waals surface area contributed by atoms with Gasteiger partial charge in [-0.05, 0) is 46.2 Å². The Hall–Kier alpha value is -5.00. The molecule has 2 N–H and O–H groups in total. The van der Waals surface area contributed by atoms with Crippen LogP contribution >= 0.6 is 0 Å². The van der Waals surface area contributed by atoms with Crippen LogP contribution in [0.4, 0.5) is 0 Å². The van der Waals surface area contributed by atoms with E-state index in [1.165, 1.54) is 27.3 Å². The summed E-state index contributed by atoms with van der Waals surface area (Å²) in [6, 6.07) is 28.1. The van der Waals surface area contributed by atoms with Crippen LogP contribution in [-0.4, -0.2) is 10.6 Å². The van der Waals surface area contributed by atoms with Crippen LogP contribution in [0, 0.1) is 0 Å². The fourth-order valence-electron chi connectivity index (χ4n) is 6.43. The Morgan fingerprint density at radius 1 is 0.750 bits per heavy atom. The first-order valence-corrected chi connectivity index (χ1v) is 13.7. The van der Waals surface area contributed by atoms with Gasteiger partial charge in [-0.2, -0.15) is 0 Å². The lowest BCUT2D eigenvalue weighted by atomic mass is 9.94. The summed E-state index contributed by atoms with van der Waals surface area (Å²) in [6.07, 6.45) is 13.3. The molecule has 2 atom stereocenters. The molecule has 5 heteroatoms. The van der Waals surface area contributed by atoms with Gasteiger partial charge in [0.15, 0.2) is 29.3 Å². The van der Waals surface area contributed by atoms with E-state index in [-0.39, 0.29) is 12.3 Å². The number of aromatic nitrogens is 1. The summed E-state index contributed by atoms with van der Waals surface area (Å²) >= 11 is 0. The predicted molar refractivity (Wildman–Crippen MR) is 160 cm³/mol. The standard InChI is InChI=1S/C35H25N3O2/c1-2-9-21(10-3-1)34-24-13-6-7-14-27(24)36-35(37-34)38-28-18-23-12-5-4-11-22(23)17-25(28)26-19-32-33(20-29(26)38)40-31-16-8-15-30(31)39-32/h1-14,16-20,27,35-37H,15H2. The Bertz CT molecular complexity index is 2040. The van der Waals surface area contributed by atoms with Crippen molar-refractivity contribution in [3.63, 3.8) is 0 Å². The molecule has 192 valence electrons. The van der Waals surface area contributed by atoms with E-state index >= 15 is 0 Å². The SMILES string of the molecule is C1=CC2=C(c3ccccc3)NC(n3c4cc5c(cc4c4cc6ccccc6cc43)OC3=C(C=CC3)O5)NC2C=C1. The first-order valence-electron chi connectivity index (χ1n) is 13.7. The largest absolute Gasteiger partial charge is 0.454 e. The maximum Gasteiger partial charge on any atom is 0.172 e. The van der Waals surface area contributed by atoms with E-state index in [2.05, 4.69) is 124 Å². The quantitative estimate of drug-likeness (QED) is 0.254. The predicted octanol–water partition coefficient (Wildman–Crippen LogP) is 7.45. The summed E-state index contributed by atoms with van der Waals surface area (Å²) in [5, 5.41) is 12.5. The van der Waals surface area contributed by atoms with E-state index in [9.17, 15) is 0 Å². The lowest BCUT2D eigenvalue weighted by molar-refractivity contribution is 0.305. The molecule has 5 nitrogen and oxygen atoms in total. The van der Waals surface area contributed by atoms with Crippen molar-refractivity contribution in [1.82, 2.24) is 15.2 Å². The lowest BCUT2D eigenvalue weighted by Gasteiger charge is -2.37. The number of allylic oxidation sites excluding steroid dienone is 4. The fourth-order valence-corrected chi connectivity index (χ4v) is 6.43. The van der Waals surface area contributed by atoms with E-state index in [0.29, 0.717) is 0 Å². The Balaban J connectivity index is 1.29. The zero-order valence-electron chi connectivity index (χ0n) is 21.6. The molecule has 3 heterocycles. The number of nitrogens with zero attached hydrogens (tertiary/aromatic N) is 1. The topological polar surface area (TPSA) is 47.5 Å². The zero-order chi connectivity index (χ0) is 26.2. The van der Waals surface area contributed by atoms with Gasteiger partial charge in [0.2, 0.25) is 0 Å². The average Bonchev–Trinajstić information content (AvgIpc) is 3.58. The highest BCUT2D eigenvalue weighted by Crippen LogP contribution is 2.45. The molecule has 40 heavy (non-hydrogen) atoms. The van der Waals surface area contributed by atoms with Crippen molar-refractivity contribution in [3.8, 4) is 11.5 Å². The van der Waals surface area contributed by atoms with Crippen LogP contribution in [0.1, 0.15) is 18.3 Å². The van der Waals surface area contributed by atoms with Crippen molar-refractivity contribution in [2.45, 2.75) is 18.8 Å². The van der Waals surface area contributed by atoms with Crippen LogP contribution in [0.15, 0.2) is 132 Å². The first-order chi connectivity index (χ1) is 19.8. The molecule has 2 aliphatic heterocycles. The second-order valence-electron chi connectivity index (χ2n) is 10.6. The fraction of sp³-hybridized carbons (Fsp3) is 0.0857. The van der Waals surface area contributed by atoms with E-state index in [1.54, 1.807) is 0 Å². The van der Waals surface area contributed by atoms with E-state index < -0.39 is 0 Å². The second-order valence-corrected chi connectivity index (χ2v) is 10.6. The molecule has 0 saturated heterocycles. The van der Waals surface area contributed by atoms with Gasteiger partial charge in [0.05, 0.1) is 17.1 Å². The van der Waals surface area contributed by atoms with Crippen molar-refractivity contribution in [2.24, 2.45) is 0 Å². The van der Waals surface area contributed by atoms with Gasteiger partial charge in [-0.3, -0.25) is 5.32 Å². The van der Waals surface area contributed by atoms with Crippen LogP contribution in [0.5, 0.6) is 11.5 Å². The minimum absolute atomic E-state index is 0.0768. The normalized spacial score (nSPS) is 20.9. The van der Waals surface area contributed by atoms with Gasteiger partial charge < -0.3 is 19.4 Å².